The van der Waals surface area contributed by atoms with Gasteiger partial charge in [0.05, 0.1) is 5.69 Å². The summed E-state index contributed by atoms with van der Waals surface area (Å²) in [5.41, 5.74) is 6.16. The van der Waals surface area contributed by atoms with Gasteiger partial charge in [-0.05, 0) is 42.5 Å². The van der Waals surface area contributed by atoms with Gasteiger partial charge in [0.25, 0.3) is 0 Å². The second-order valence-corrected chi connectivity index (χ2v) is 4.93. The van der Waals surface area contributed by atoms with Crippen LogP contribution in [-0.4, -0.2) is 4.98 Å². The first-order valence-corrected chi connectivity index (χ1v) is 6.11. The molecule has 0 spiro atoms. The number of aromatic nitrogens is 1. The largest absolute Gasteiger partial charge is 0.256 e. The van der Waals surface area contributed by atoms with Crippen LogP contribution < -0.4 is 0 Å². The quantitative estimate of drug-likeness (QED) is 0.734. The Morgan fingerprint density at radius 1 is 0.941 bits per heavy atom. The Bertz CT molecular complexity index is 510. The molecular formula is C16H19N. The van der Waals surface area contributed by atoms with Crippen molar-refractivity contribution in [2.75, 3.05) is 0 Å². The molecule has 1 aromatic heterocycles. The number of benzene rings is 1. The minimum atomic E-state index is 0.580. The standard InChI is InChI=1S/C16H19N/c1-11(2)14-5-7-15(8-6-14)16-9-12(3)13(4)10-17-16/h5-11H,1-4H3. The maximum absolute atomic E-state index is 4.48. The first kappa shape index (κ1) is 11.8. The van der Waals surface area contributed by atoms with E-state index < -0.39 is 0 Å². The van der Waals surface area contributed by atoms with E-state index in [1.165, 1.54) is 22.3 Å². The third-order valence-corrected chi connectivity index (χ3v) is 3.25. The number of pyridine rings is 1. The van der Waals surface area contributed by atoms with Crippen molar-refractivity contribution in [1.29, 1.82) is 0 Å². The molecule has 1 heteroatoms. The Balaban J connectivity index is 2.36. The zero-order chi connectivity index (χ0) is 12.4. The van der Waals surface area contributed by atoms with Gasteiger partial charge < -0.3 is 0 Å². The van der Waals surface area contributed by atoms with Crippen molar-refractivity contribution in [1.82, 2.24) is 4.98 Å². The molecule has 0 atom stereocenters. The molecule has 0 radical (unpaired) electrons. The van der Waals surface area contributed by atoms with Gasteiger partial charge in [0.2, 0.25) is 0 Å². The maximum Gasteiger partial charge on any atom is 0.0704 e. The van der Waals surface area contributed by atoms with Gasteiger partial charge in [-0.1, -0.05) is 38.1 Å². The SMILES string of the molecule is Cc1cnc(-c2ccc(C(C)C)cc2)cc1C. The molecule has 17 heavy (non-hydrogen) atoms. The van der Waals surface area contributed by atoms with Crippen LogP contribution in [0.4, 0.5) is 0 Å². The van der Waals surface area contributed by atoms with Gasteiger partial charge >= 0.3 is 0 Å². The Morgan fingerprint density at radius 2 is 1.59 bits per heavy atom. The Labute approximate surface area is 104 Å². The van der Waals surface area contributed by atoms with Crippen molar-refractivity contribution in [3.63, 3.8) is 0 Å². The van der Waals surface area contributed by atoms with Crippen LogP contribution in [0.2, 0.25) is 0 Å². The Morgan fingerprint density at radius 3 is 2.12 bits per heavy atom. The molecule has 0 amide bonds. The van der Waals surface area contributed by atoms with E-state index in [1.54, 1.807) is 0 Å². The van der Waals surface area contributed by atoms with Crippen molar-refractivity contribution < 1.29 is 0 Å². The normalized spacial score (nSPS) is 10.9. The topological polar surface area (TPSA) is 12.9 Å². The molecule has 2 aromatic rings. The number of rotatable bonds is 2. The minimum absolute atomic E-state index is 0.580. The summed E-state index contributed by atoms with van der Waals surface area (Å²) < 4.78 is 0. The van der Waals surface area contributed by atoms with E-state index >= 15 is 0 Å². The van der Waals surface area contributed by atoms with Crippen molar-refractivity contribution >= 4 is 0 Å². The first-order chi connectivity index (χ1) is 8.08. The van der Waals surface area contributed by atoms with Gasteiger partial charge in [0.1, 0.15) is 0 Å². The van der Waals surface area contributed by atoms with Crippen LogP contribution in [-0.2, 0) is 0 Å². The fourth-order valence-corrected chi connectivity index (χ4v) is 1.82. The molecule has 2 rings (SSSR count). The van der Waals surface area contributed by atoms with Crippen molar-refractivity contribution in [2.45, 2.75) is 33.6 Å². The predicted octanol–water partition coefficient (Wildman–Crippen LogP) is 4.49. The highest BCUT2D eigenvalue weighted by Crippen LogP contribution is 2.22. The summed E-state index contributed by atoms with van der Waals surface area (Å²) in [6.07, 6.45) is 1.95. The fraction of sp³-hybridized carbons (Fsp3) is 0.312. The monoisotopic (exact) mass is 225 g/mol. The fourth-order valence-electron chi connectivity index (χ4n) is 1.82. The van der Waals surface area contributed by atoms with Crippen molar-refractivity contribution in [3.05, 3.63) is 53.2 Å². The third-order valence-electron chi connectivity index (χ3n) is 3.25. The van der Waals surface area contributed by atoms with E-state index in [4.69, 9.17) is 0 Å². The second-order valence-electron chi connectivity index (χ2n) is 4.93. The van der Waals surface area contributed by atoms with E-state index in [9.17, 15) is 0 Å². The van der Waals surface area contributed by atoms with Crippen LogP contribution in [0.1, 0.15) is 36.5 Å². The van der Waals surface area contributed by atoms with E-state index in [0.717, 1.165) is 5.69 Å². The number of hydrogen-bond acceptors (Lipinski definition) is 1. The molecular weight excluding hydrogens is 206 g/mol. The molecule has 1 heterocycles. The highest BCUT2D eigenvalue weighted by atomic mass is 14.7. The number of hydrogen-bond donors (Lipinski definition) is 0. The van der Waals surface area contributed by atoms with E-state index in [0.29, 0.717) is 5.92 Å². The summed E-state index contributed by atoms with van der Waals surface area (Å²) in [7, 11) is 0. The third kappa shape index (κ3) is 2.55. The molecule has 0 N–H and O–H groups in total. The molecule has 0 fully saturated rings. The van der Waals surface area contributed by atoms with Gasteiger partial charge in [0, 0.05) is 11.8 Å². The van der Waals surface area contributed by atoms with Crippen LogP contribution in [0, 0.1) is 13.8 Å². The minimum Gasteiger partial charge on any atom is -0.256 e. The van der Waals surface area contributed by atoms with Crippen LogP contribution in [0.5, 0.6) is 0 Å². The van der Waals surface area contributed by atoms with Crippen LogP contribution in [0.25, 0.3) is 11.3 Å². The van der Waals surface area contributed by atoms with Crippen LogP contribution >= 0.6 is 0 Å². The lowest BCUT2D eigenvalue weighted by molar-refractivity contribution is 0.867. The Kier molecular flexibility index (Phi) is 3.28. The lowest BCUT2D eigenvalue weighted by Gasteiger charge is -2.08. The van der Waals surface area contributed by atoms with Crippen molar-refractivity contribution in [2.24, 2.45) is 0 Å². The Hall–Kier alpha value is -1.63. The van der Waals surface area contributed by atoms with E-state index in [1.807, 2.05) is 6.20 Å². The molecule has 0 unspecified atom stereocenters. The van der Waals surface area contributed by atoms with Gasteiger partial charge in [-0.2, -0.15) is 0 Å². The molecule has 88 valence electrons. The average molecular weight is 225 g/mol. The molecule has 0 aliphatic carbocycles. The summed E-state index contributed by atoms with van der Waals surface area (Å²) in [5.74, 6) is 0.580. The van der Waals surface area contributed by atoms with Gasteiger partial charge in [-0.25, -0.2) is 0 Å². The van der Waals surface area contributed by atoms with Gasteiger partial charge in [-0.15, -0.1) is 0 Å². The number of nitrogens with zero attached hydrogens (tertiary/aromatic N) is 1. The molecule has 1 aromatic carbocycles. The summed E-state index contributed by atoms with van der Waals surface area (Å²) >= 11 is 0. The lowest BCUT2D eigenvalue weighted by atomic mass is 10.00. The lowest BCUT2D eigenvalue weighted by Crippen LogP contribution is -1.90. The molecule has 0 aliphatic rings. The highest BCUT2D eigenvalue weighted by molar-refractivity contribution is 5.60. The summed E-state index contributed by atoms with van der Waals surface area (Å²) in [6, 6.07) is 10.9. The maximum atomic E-state index is 4.48. The van der Waals surface area contributed by atoms with E-state index in [-0.39, 0.29) is 0 Å². The molecule has 1 nitrogen and oxygen atoms in total. The highest BCUT2D eigenvalue weighted by Gasteiger charge is 2.03. The summed E-state index contributed by atoms with van der Waals surface area (Å²) in [5, 5.41) is 0. The second kappa shape index (κ2) is 4.70. The average Bonchev–Trinajstić information content (AvgIpc) is 2.33. The predicted molar refractivity (Wildman–Crippen MR) is 73.2 cm³/mol. The van der Waals surface area contributed by atoms with Crippen molar-refractivity contribution in [3.8, 4) is 11.3 Å². The summed E-state index contributed by atoms with van der Waals surface area (Å²) in [6.45, 7) is 8.64. The summed E-state index contributed by atoms with van der Waals surface area (Å²) in [4.78, 5) is 4.48. The molecule has 0 saturated heterocycles. The molecule has 0 saturated carbocycles. The van der Waals surface area contributed by atoms with Gasteiger partial charge in [-0.3, -0.25) is 4.98 Å². The van der Waals surface area contributed by atoms with Crippen LogP contribution in [0.3, 0.4) is 0 Å². The van der Waals surface area contributed by atoms with E-state index in [2.05, 4.69) is 63.0 Å². The van der Waals surface area contributed by atoms with Crippen LogP contribution in [0.15, 0.2) is 36.5 Å². The zero-order valence-corrected chi connectivity index (χ0v) is 11.0. The van der Waals surface area contributed by atoms with Gasteiger partial charge in [0.15, 0.2) is 0 Å². The molecule has 0 aliphatic heterocycles. The smallest absolute Gasteiger partial charge is 0.0704 e. The zero-order valence-electron chi connectivity index (χ0n) is 11.0. The molecule has 0 bridgehead atoms. The number of aryl methyl sites for hydroxylation is 2. The first-order valence-electron chi connectivity index (χ1n) is 6.11.